The smallest absolute Gasteiger partial charge is 0.0572 e. The number of methoxy groups -OCH3 is 1. The molecule has 0 aromatic heterocycles. The Balaban J connectivity index is 1.95. The molecule has 0 spiro atoms. The molecule has 0 saturated heterocycles. The Labute approximate surface area is 104 Å². The van der Waals surface area contributed by atoms with Crippen LogP contribution in [0.4, 0.5) is 5.69 Å². The highest BCUT2D eigenvalue weighted by molar-refractivity contribution is 5.54. The zero-order valence-corrected chi connectivity index (χ0v) is 11.1. The Bertz CT molecular complexity index is 367. The standard InChI is InChI=1S/C15H23NO/c1-11-5-4-6-15(12(11)2)16-13-7-9-14(17-3)10-8-13/h4-6,13-14,16H,7-10H2,1-3H3. The molecule has 1 N–H and O–H groups in total. The zero-order chi connectivity index (χ0) is 12.3. The fourth-order valence-electron chi connectivity index (χ4n) is 2.57. The van der Waals surface area contributed by atoms with E-state index in [9.17, 15) is 0 Å². The maximum Gasteiger partial charge on any atom is 0.0572 e. The quantitative estimate of drug-likeness (QED) is 0.860. The van der Waals surface area contributed by atoms with E-state index in [1.165, 1.54) is 42.5 Å². The summed E-state index contributed by atoms with van der Waals surface area (Å²) in [5.41, 5.74) is 4.04. The van der Waals surface area contributed by atoms with Gasteiger partial charge in [-0.2, -0.15) is 0 Å². The lowest BCUT2D eigenvalue weighted by atomic mass is 9.92. The van der Waals surface area contributed by atoms with Crippen LogP contribution in [0.2, 0.25) is 0 Å². The summed E-state index contributed by atoms with van der Waals surface area (Å²) < 4.78 is 5.40. The van der Waals surface area contributed by atoms with Gasteiger partial charge in [-0.05, 0) is 56.7 Å². The molecule has 94 valence electrons. The van der Waals surface area contributed by atoms with Crippen LogP contribution in [-0.2, 0) is 4.74 Å². The van der Waals surface area contributed by atoms with Gasteiger partial charge in [0.25, 0.3) is 0 Å². The van der Waals surface area contributed by atoms with E-state index >= 15 is 0 Å². The highest BCUT2D eigenvalue weighted by Gasteiger charge is 2.20. The molecule has 2 heteroatoms. The molecule has 0 bridgehead atoms. The third kappa shape index (κ3) is 3.01. The van der Waals surface area contributed by atoms with Crippen molar-refractivity contribution in [2.24, 2.45) is 0 Å². The molecule has 1 aromatic carbocycles. The predicted octanol–water partition coefficient (Wildman–Crippen LogP) is 3.67. The van der Waals surface area contributed by atoms with Crippen LogP contribution in [0.1, 0.15) is 36.8 Å². The van der Waals surface area contributed by atoms with Crippen LogP contribution in [0.25, 0.3) is 0 Å². The zero-order valence-electron chi connectivity index (χ0n) is 11.1. The van der Waals surface area contributed by atoms with Gasteiger partial charge in [-0.3, -0.25) is 0 Å². The number of anilines is 1. The Hall–Kier alpha value is -1.02. The van der Waals surface area contributed by atoms with E-state index in [0.29, 0.717) is 12.1 Å². The number of ether oxygens (including phenoxy) is 1. The van der Waals surface area contributed by atoms with Gasteiger partial charge in [0.05, 0.1) is 6.10 Å². The lowest BCUT2D eigenvalue weighted by molar-refractivity contribution is 0.0682. The van der Waals surface area contributed by atoms with Crippen molar-refractivity contribution in [2.75, 3.05) is 12.4 Å². The van der Waals surface area contributed by atoms with Crippen molar-refractivity contribution in [1.29, 1.82) is 0 Å². The van der Waals surface area contributed by atoms with Crippen LogP contribution in [0.5, 0.6) is 0 Å². The van der Waals surface area contributed by atoms with Crippen molar-refractivity contribution in [3.8, 4) is 0 Å². The highest BCUT2D eigenvalue weighted by atomic mass is 16.5. The van der Waals surface area contributed by atoms with Crippen molar-refractivity contribution in [2.45, 2.75) is 51.7 Å². The summed E-state index contributed by atoms with van der Waals surface area (Å²) in [5, 5.41) is 3.68. The fourth-order valence-corrected chi connectivity index (χ4v) is 2.57. The lowest BCUT2D eigenvalue weighted by Gasteiger charge is -2.29. The van der Waals surface area contributed by atoms with Crippen LogP contribution in [0.3, 0.4) is 0 Å². The SMILES string of the molecule is COC1CCC(Nc2cccc(C)c2C)CC1. The minimum Gasteiger partial charge on any atom is -0.382 e. The minimum absolute atomic E-state index is 0.478. The fraction of sp³-hybridized carbons (Fsp3) is 0.600. The van der Waals surface area contributed by atoms with Gasteiger partial charge >= 0.3 is 0 Å². The molecular weight excluding hydrogens is 210 g/mol. The van der Waals surface area contributed by atoms with E-state index in [-0.39, 0.29) is 0 Å². The number of hydrogen-bond donors (Lipinski definition) is 1. The van der Waals surface area contributed by atoms with Gasteiger partial charge in [0.2, 0.25) is 0 Å². The minimum atomic E-state index is 0.478. The first-order valence-electron chi connectivity index (χ1n) is 6.56. The van der Waals surface area contributed by atoms with Crippen LogP contribution >= 0.6 is 0 Å². The third-order valence-corrected chi connectivity index (χ3v) is 3.97. The van der Waals surface area contributed by atoms with Crippen molar-refractivity contribution < 1.29 is 4.74 Å². The molecule has 1 aliphatic carbocycles. The molecule has 0 heterocycles. The van der Waals surface area contributed by atoms with Crippen LogP contribution in [0.15, 0.2) is 18.2 Å². The van der Waals surface area contributed by atoms with Gasteiger partial charge in [0.1, 0.15) is 0 Å². The van der Waals surface area contributed by atoms with Crippen molar-refractivity contribution in [3.05, 3.63) is 29.3 Å². The second-order valence-electron chi connectivity index (χ2n) is 5.10. The van der Waals surface area contributed by atoms with E-state index in [1.54, 1.807) is 0 Å². The summed E-state index contributed by atoms with van der Waals surface area (Å²) in [6.45, 7) is 4.36. The van der Waals surface area contributed by atoms with Gasteiger partial charge in [0.15, 0.2) is 0 Å². The first kappa shape index (κ1) is 12.4. The Morgan fingerprint density at radius 1 is 1.12 bits per heavy atom. The Morgan fingerprint density at radius 2 is 1.82 bits per heavy atom. The van der Waals surface area contributed by atoms with Crippen molar-refractivity contribution >= 4 is 5.69 Å². The molecular formula is C15H23NO. The summed E-state index contributed by atoms with van der Waals surface area (Å²) in [7, 11) is 1.82. The van der Waals surface area contributed by atoms with E-state index in [4.69, 9.17) is 4.74 Å². The number of nitrogens with one attached hydrogen (secondary N) is 1. The first-order valence-corrected chi connectivity index (χ1v) is 6.56. The van der Waals surface area contributed by atoms with E-state index in [2.05, 4.69) is 37.4 Å². The van der Waals surface area contributed by atoms with Crippen LogP contribution in [-0.4, -0.2) is 19.3 Å². The van der Waals surface area contributed by atoms with E-state index in [0.717, 1.165) is 0 Å². The third-order valence-electron chi connectivity index (χ3n) is 3.97. The first-order chi connectivity index (χ1) is 8.20. The van der Waals surface area contributed by atoms with Gasteiger partial charge in [-0.15, -0.1) is 0 Å². The van der Waals surface area contributed by atoms with E-state index < -0.39 is 0 Å². The molecule has 1 aliphatic rings. The number of benzene rings is 1. The topological polar surface area (TPSA) is 21.3 Å². The summed E-state index contributed by atoms with van der Waals surface area (Å²) in [6.07, 6.45) is 5.27. The van der Waals surface area contributed by atoms with Crippen LogP contribution in [0, 0.1) is 13.8 Å². The van der Waals surface area contributed by atoms with E-state index in [1.807, 2.05) is 7.11 Å². The average Bonchev–Trinajstić information content (AvgIpc) is 2.36. The highest BCUT2D eigenvalue weighted by Crippen LogP contribution is 2.26. The summed E-state index contributed by atoms with van der Waals surface area (Å²) >= 11 is 0. The molecule has 2 nitrogen and oxygen atoms in total. The molecule has 17 heavy (non-hydrogen) atoms. The monoisotopic (exact) mass is 233 g/mol. The van der Waals surface area contributed by atoms with Crippen LogP contribution < -0.4 is 5.32 Å². The number of hydrogen-bond acceptors (Lipinski definition) is 2. The summed E-state index contributed by atoms with van der Waals surface area (Å²) in [4.78, 5) is 0. The van der Waals surface area contributed by atoms with Gasteiger partial charge in [-0.25, -0.2) is 0 Å². The maximum absolute atomic E-state index is 5.40. The normalized spacial score (nSPS) is 24.6. The maximum atomic E-state index is 5.40. The van der Waals surface area contributed by atoms with Gasteiger partial charge in [0, 0.05) is 18.8 Å². The van der Waals surface area contributed by atoms with Gasteiger partial charge in [-0.1, -0.05) is 12.1 Å². The molecule has 0 aliphatic heterocycles. The second-order valence-corrected chi connectivity index (χ2v) is 5.10. The average molecular weight is 233 g/mol. The summed E-state index contributed by atoms with van der Waals surface area (Å²) in [6, 6.07) is 7.10. The second kappa shape index (κ2) is 5.54. The molecule has 0 amide bonds. The van der Waals surface area contributed by atoms with Crippen molar-refractivity contribution in [1.82, 2.24) is 0 Å². The Kier molecular flexibility index (Phi) is 4.06. The molecule has 2 rings (SSSR count). The molecule has 0 radical (unpaired) electrons. The number of aryl methyl sites for hydroxylation is 1. The molecule has 0 unspecified atom stereocenters. The largest absolute Gasteiger partial charge is 0.382 e. The summed E-state index contributed by atoms with van der Waals surface area (Å²) in [5.74, 6) is 0. The predicted molar refractivity (Wildman–Crippen MR) is 72.6 cm³/mol. The van der Waals surface area contributed by atoms with Crippen molar-refractivity contribution in [3.63, 3.8) is 0 Å². The van der Waals surface area contributed by atoms with Gasteiger partial charge < -0.3 is 10.1 Å². The number of rotatable bonds is 3. The molecule has 1 fully saturated rings. The molecule has 1 aromatic rings. The molecule has 0 atom stereocenters. The Morgan fingerprint density at radius 3 is 2.47 bits per heavy atom. The lowest BCUT2D eigenvalue weighted by Crippen LogP contribution is -2.29. The molecule has 1 saturated carbocycles.